The maximum Gasteiger partial charge on any atom is 0.251 e. The van der Waals surface area contributed by atoms with Gasteiger partial charge in [-0.15, -0.1) is 0 Å². The lowest BCUT2D eigenvalue weighted by molar-refractivity contribution is -0.129. The molecule has 0 unspecified atom stereocenters. The summed E-state index contributed by atoms with van der Waals surface area (Å²) in [5, 5.41) is 0.510. The number of aryl methyl sites for hydroxylation is 1. The number of amides is 1. The monoisotopic (exact) mass is 412 g/mol. The zero-order valence-electron chi connectivity index (χ0n) is 16.4. The average Bonchev–Trinajstić information content (AvgIpc) is 3.16. The van der Waals surface area contributed by atoms with E-state index in [4.69, 9.17) is 4.42 Å². The van der Waals surface area contributed by atoms with Crippen LogP contribution >= 0.6 is 11.8 Å². The lowest BCUT2D eigenvalue weighted by atomic mass is 9.97. The van der Waals surface area contributed by atoms with Crippen LogP contribution in [-0.2, 0) is 11.2 Å². The van der Waals surface area contributed by atoms with Gasteiger partial charge in [-0.05, 0) is 31.4 Å². The van der Waals surface area contributed by atoms with Gasteiger partial charge in [0.15, 0.2) is 16.6 Å². The van der Waals surface area contributed by atoms with E-state index in [1.807, 2.05) is 36.1 Å². The first-order chi connectivity index (χ1) is 14.1. The molecule has 8 heteroatoms. The molecule has 152 valence electrons. The maximum absolute atomic E-state index is 12.6. The molecule has 0 atom stereocenters. The molecule has 2 aromatic heterocycles. The molecule has 3 aromatic rings. The van der Waals surface area contributed by atoms with Crippen LogP contribution in [0.4, 0.5) is 0 Å². The van der Waals surface area contributed by atoms with Crippen molar-refractivity contribution in [1.82, 2.24) is 19.9 Å². The lowest BCUT2D eigenvalue weighted by Gasteiger charge is -2.30. The van der Waals surface area contributed by atoms with Gasteiger partial charge in [-0.25, -0.2) is 9.97 Å². The number of benzene rings is 1. The van der Waals surface area contributed by atoms with Crippen LogP contribution in [0.3, 0.4) is 0 Å². The van der Waals surface area contributed by atoms with E-state index in [1.54, 1.807) is 0 Å². The van der Waals surface area contributed by atoms with Gasteiger partial charge in [0.05, 0.1) is 5.75 Å². The van der Waals surface area contributed by atoms with Crippen molar-refractivity contribution in [3.8, 4) is 0 Å². The number of hydrogen-bond acceptors (Lipinski definition) is 6. The van der Waals surface area contributed by atoms with Crippen LogP contribution in [0.5, 0.6) is 0 Å². The second-order valence-electron chi connectivity index (χ2n) is 7.26. The molecule has 0 aliphatic carbocycles. The van der Waals surface area contributed by atoms with E-state index in [1.165, 1.54) is 17.8 Å². The molecule has 29 heavy (non-hydrogen) atoms. The topological polar surface area (TPSA) is 92.1 Å². The Morgan fingerprint density at radius 3 is 2.83 bits per heavy atom. The van der Waals surface area contributed by atoms with E-state index in [-0.39, 0.29) is 23.1 Å². The highest BCUT2D eigenvalue weighted by atomic mass is 32.2. The van der Waals surface area contributed by atoms with Gasteiger partial charge in [0.2, 0.25) is 5.91 Å². The Labute approximate surface area is 172 Å². The van der Waals surface area contributed by atoms with Crippen molar-refractivity contribution in [2.75, 3.05) is 18.8 Å². The zero-order valence-corrected chi connectivity index (χ0v) is 17.2. The van der Waals surface area contributed by atoms with Crippen molar-refractivity contribution in [3.63, 3.8) is 0 Å². The largest absolute Gasteiger partial charge is 0.440 e. The second kappa shape index (κ2) is 8.82. The highest BCUT2D eigenvalue weighted by molar-refractivity contribution is 7.99. The summed E-state index contributed by atoms with van der Waals surface area (Å²) in [6.07, 6.45) is 3.36. The number of fused-ring (bicyclic) bond motifs is 1. The molecule has 1 fully saturated rings. The van der Waals surface area contributed by atoms with Crippen molar-refractivity contribution < 1.29 is 9.21 Å². The van der Waals surface area contributed by atoms with E-state index in [2.05, 4.69) is 15.0 Å². The number of rotatable bonds is 6. The normalized spacial score (nSPS) is 15.1. The minimum absolute atomic E-state index is 0.0644. The molecular formula is C21H24N4O3S. The molecule has 1 aromatic carbocycles. The first kappa shape index (κ1) is 19.7. The third-order valence-corrected chi connectivity index (χ3v) is 5.98. The van der Waals surface area contributed by atoms with E-state index in [9.17, 15) is 9.59 Å². The van der Waals surface area contributed by atoms with Crippen molar-refractivity contribution in [1.29, 1.82) is 0 Å². The quantitative estimate of drug-likeness (QED) is 0.493. The number of thioether (sulfide) groups is 1. The van der Waals surface area contributed by atoms with Crippen molar-refractivity contribution in [2.45, 2.75) is 43.7 Å². The molecule has 1 aliphatic heterocycles. The minimum Gasteiger partial charge on any atom is -0.440 e. The highest BCUT2D eigenvalue weighted by Gasteiger charge is 2.27. The lowest BCUT2D eigenvalue weighted by Crippen LogP contribution is -2.39. The minimum atomic E-state index is -0.169. The molecule has 7 nitrogen and oxygen atoms in total. The number of aromatic nitrogens is 3. The molecule has 1 aliphatic rings. The van der Waals surface area contributed by atoms with E-state index < -0.39 is 0 Å². The third kappa shape index (κ3) is 4.70. The SMILES string of the molecule is CCCc1cc(=O)[nH]c(SCC(=O)N2CCC(c3nc4ccccc4o3)CC2)n1. The summed E-state index contributed by atoms with van der Waals surface area (Å²) in [4.78, 5) is 38.0. The fourth-order valence-corrected chi connectivity index (χ4v) is 4.40. The van der Waals surface area contributed by atoms with E-state index >= 15 is 0 Å². The van der Waals surface area contributed by atoms with Crippen molar-refractivity contribution in [2.24, 2.45) is 0 Å². The maximum atomic E-state index is 12.6. The second-order valence-corrected chi connectivity index (χ2v) is 8.22. The fraction of sp³-hybridized carbons (Fsp3) is 0.429. The molecule has 1 amide bonds. The number of nitrogens with zero attached hydrogens (tertiary/aromatic N) is 3. The van der Waals surface area contributed by atoms with Gasteiger partial charge in [0.25, 0.3) is 5.56 Å². The molecule has 4 rings (SSSR count). The Morgan fingerprint density at radius 2 is 2.07 bits per heavy atom. The van der Waals surface area contributed by atoms with Gasteiger partial charge in [0, 0.05) is 30.8 Å². The standard InChI is InChI=1S/C21H24N4O3S/c1-2-5-15-12-18(26)24-21(22-15)29-13-19(27)25-10-8-14(9-11-25)20-23-16-6-3-4-7-17(16)28-20/h3-4,6-7,12,14H,2,5,8-11,13H2,1H3,(H,22,24,26). The fourth-order valence-electron chi connectivity index (χ4n) is 3.60. The summed E-state index contributed by atoms with van der Waals surface area (Å²) in [5.74, 6) is 1.34. The van der Waals surface area contributed by atoms with Gasteiger partial charge in [0.1, 0.15) is 5.52 Å². The highest BCUT2D eigenvalue weighted by Crippen LogP contribution is 2.30. The van der Waals surface area contributed by atoms with Gasteiger partial charge in [-0.3, -0.25) is 9.59 Å². The van der Waals surface area contributed by atoms with Crippen LogP contribution in [0.2, 0.25) is 0 Å². The number of carbonyl (C=O) groups is 1. The average molecular weight is 413 g/mol. The Balaban J connectivity index is 1.31. The number of likely N-dealkylation sites (tertiary alicyclic amines) is 1. The number of H-pyrrole nitrogens is 1. The molecule has 3 heterocycles. The van der Waals surface area contributed by atoms with E-state index in [0.717, 1.165) is 48.4 Å². The van der Waals surface area contributed by atoms with Crippen LogP contribution in [-0.4, -0.2) is 44.6 Å². The Bertz CT molecular complexity index is 1020. The van der Waals surface area contributed by atoms with Crippen LogP contribution in [0.25, 0.3) is 11.1 Å². The number of para-hydroxylation sites is 2. The summed E-state index contributed by atoms with van der Waals surface area (Å²) < 4.78 is 5.89. The molecule has 1 saturated heterocycles. The predicted octanol–water partition coefficient (Wildman–Crippen LogP) is 3.36. The van der Waals surface area contributed by atoms with Crippen molar-refractivity contribution in [3.05, 3.63) is 52.3 Å². The Hall–Kier alpha value is -2.61. The summed E-state index contributed by atoms with van der Waals surface area (Å²) in [6, 6.07) is 9.29. The zero-order chi connectivity index (χ0) is 20.2. The first-order valence-corrected chi connectivity index (χ1v) is 11.0. The molecule has 0 spiro atoms. The molecule has 0 saturated carbocycles. The number of hydrogen-bond donors (Lipinski definition) is 1. The smallest absolute Gasteiger partial charge is 0.251 e. The van der Waals surface area contributed by atoms with Crippen LogP contribution in [0, 0.1) is 0 Å². The summed E-state index contributed by atoms with van der Waals surface area (Å²) >= 11 is 1.29. The molecule has 1 N–H and O–H groups in total. The number of nitrogens with one attached hydrogen (secondary N) is 1. The molecule has 0 radical (unpaired) electrons. The molecule has 0 bridgehead atoms. The van der Waals surface area contributed by atoms with Crippen LogP contribution in [0.15, 0.2) is 44.7 Å². The summed E-state index contributed by atoms with van der Waals surface area (Å²) in [6.45, 7) is 3.41. The predicted molar refractivity (Wildman–Crippen MR) is 112 cm³/mol. The van der Waals surface area contributed by atoms with Gasteiger partial charge >= 0.3 is 0 Å². The van der Waals surface area contributed by atoms with Crippen molar-refractivity contribution >= 4 is 28.8 Å². The number of oxazole rings is 1. The van der Waals surface area contributed by atoms with Gasteiger partial charge < -0.3 is 14.3 Å². The third-order valence-electron chi connectivity index (χ3n) is 5.12. The summed E-state index contributed by atoms with van der Waals surface area (Å²) in [7, 11) is 0. The molecular weight excluding hydrogens is 388 g/mol. The number of carbonyl (C=O) groups excluding carboxylic acids is 1. The first-order valence-electron chi connectivity index (χ1n) is 9.98. The number of aromatic amines is 1. The summed E-state index contributed by atoms with van der Waals surface area (Å²) in [5.41, 5.74) is 2.29. The Morgan fingerprint density at radius 1 is 1.28 bits per heavy atom. The van der Waals surface area contributed by atoms with E-state index in [0.29, 0.717) is 18.2 Å². The number of piperidine rings is 1. The van der Waals surface area contributed by atoms with Crippen LogP contribution in [0.1, 0.15) is 43.7 Å². The van der Waals surface area contributed by atoms with Gasteiger partial charge in [-0.2, -0.15) is 0 Å². The van der Waals surface area contributed by atoms with Crippen LogP contribution < -0.4 is 5.56 Å². The Kier molecular flexibility index (Phi) is 5.99. The van der Waals surface area contributed by atoms with Gasteiger partial charge in [-0.1, -0.05) is 37.2 Å².